The Morgan fingerprint density at radius 2 is 2.00 bits per heavy atom. The summed E-state index contributed by atoms with van der Waals surface area (Å²) in [6.07, 6.45) is 4.27. The van der Waals surface area contributed by atoms with Crippen molar-refractivity contribution >= 4 is 34.8 Å². The standard InChI is InChI=1S/C18H20Cl2N4O/c19-13-2-1-3-16(17(13)20)23-6-8-24(9-7-23)18(25)12-4-5-14-15(10-12)22-11-21-14/h1-3,11-12H,4-10H2,(H,21,22)/t12-/m0/s1. The number of hydrogen-bond donors (Lipinski definition) is 1. The number of benzene rings is 1. The highest BCUT2D eigenvalue weighted by molar-refractivity contribution is 6.43. The molecule has 2 heterocycles. The first-order chi connectivity index (χ1) is 12.1. The van der Waals surface area contributed by atoms with E-state index in [1.807, 2.05) is 17.0 Å². The molecule has 0 bridgehead atoms. The Morgan fingerprint density at radius 1 is 1.20 bits per heavy atom. The minimum absolute atomic E-state index is 0.0641. The number of nitrogens with zero attached hydrogens (tertiary/aromatic N) is 3. The van der Waals surface area contributed by atoms with Crippen LogP contribution in [0.3, 0.4) is 0 Å². The van der Waals surface area contributed by atoms with Gasteiger partial charge in [0.1, 0.15) is 0 Å². The predicted octanol–water partition coefficient (Wildman–Crippen LogP) is 3.17. The number of nitrogens with one attached hydrogen (secondary N) is 1. The molecule has 25 heavy (non-hydrogen) atoms. The van der Waals surface area contributed by atoms with Crippen LogP contribution in [0.5, 0.6) is 0 Å². The van der Waals surface area contributed by atoms with Gasteiger partial charge >= 0.3 is 0 Å². The maximum atomic E-state index is 12.9. The van der Waals surface area contributed by atoms with Crippen LogP contribution in [-0.4, -0.2) is 47.0 Å². The van der Waals surface area contributed by atoms with E-state index in [4.69, 9.17) is 23.2 Å². The number of aromatic nitrogens is 2. The fourth-order valence-electron chi connectivity index (χ4n) is 3.77. The van der Waals surface area contributed by atoms with E-state index in [-0.39, 0.29) is 11.8 Å². The normalized spacial score (nSPS) is 20.5. The molecule has 0 unspecified atom stereocenters. The molecule has 1 aliphatic heterocycles. The Bertz CT molecular complexity index is 783. The van der Waals surface area contributed by atoms with Crippen LogP contribution < -0.4 is 4.90 Å². The van der Waals surface area contributed by atoms with Crippen LogP contribution in [0.1, 0.15) is 17.8 Å². The molecule has 2 aromatic rings. The van der Waals surface area contributed by atoms with Crippen molar-refractivity contribution in [3.63, 3.8) is 0 Å². The average Bonchev–Trinajstić information content (AvgIpc) is 3.11. The van der Waals surface area contributed by atoms with Crippen molar-refractivity contribution in [1.29, 1.82) is 0 Å². The van der Waals surface area contributed by atoms with E-state index < -0.39 is 0 Å². The van der Waals surface area contributed by atoms with E-state index in [0.717, 1.165) is 49.4 Å². The third kappa shape index (κ3) is 3.23. The summed E-state index contributed by atoms with van der Waals surface area (Å²) in [7, 11) is 0. The van der Waals surface area contributed by atoms with Crippen molar-refractivity contribution in [3.8, 4) is 0 Å². The lowest BCUT2D eigenvalue weighted by Gasteiger charge is -2.38. The Labute approximate surface area is 156 Å². The highest BCUT2D eigenvalue weighted by atomic mass is 35.5. The molecule has 1 aromatic heterocycles. The van der Waals surface area contributed by atoms with Crippen LogP contribution >= 0.6 is 23.2 Å². The first-order valence-electron chi connectivity index (χ1n) is 8.62. The van der Waals surface area contributed by atoms with Crippen molar-refractivity contribution in [2.75, 3.05) is 31.1 Å². The van der Waals surface area contributed by atoms with E-state index >= 15 is 0 Å². The molecular weight excluding hydrogens is 359 g/mol. The number of rotatable bonds is 2. The molecule has 0 spiro atoms. The van der Waals surface area contributed by atoms with E-state index in [9.17, 15) is 4.79 Å². The van der Waals surface area contributed by atoms with E-state index in [0.29, 0.717) is 23.1 Å². The molecule has 1 atom stereocenters. The summed E-state index contributed by atoms with van der Waals surface area (Å²) in [5.74, 6) is 0.325. The number of aromatic amines is 1. The summed E-state index contributed by atoms with van der Waals surface area (Å²) >= 11 is 12.4. The molecule has 2 aliphatic rings. The molecule has 0 saturated carbocycles. The molecule has 1 fully saturated rings. The van der Waals surface area contributed by atoms with Gasteiger partial charge in [0.25, 0.3) is 0 Å². The van der Waals surface area contributed by atoms with Crippen molar-refractivity contribution in [2.24, 2.45) is 5.92 Å². The second-order valence-electron chi connectivity index (χ2n) is 6.65. The van der Waals surface area contributed by atoms with Crippen LogP contribution in [0.25, 0.3) is 0 Å². The Morgan fingerprint density at radius 3 is 2.80 bits per heavy atom. The zero-order valence-electron chi connectivity index (χ0n) is 13.8. The maximum absolute atomic E-state index is 12.9. The van der Waals surface area contributed by atoms with Crippen LogP contribution in [0.4, 0.5) is 5.69 Å². The molecule has 1 saturated heterocycles. The SMILES string of the molecule is O=C([C@H]1CCc2nc[nH]c2C1)N1CCN(c2cccc(Cl)c2Cl)CC1. The van der Waals surface area contributed by atoms with Gasteiger partial charge in [-0.1, -0.05) is 29.3 Å². The molecule has 0 radical (unpaired) electrons. The van der Waals surface area contributed by atoms with Crippen molar-refractivity contribution in [2.45, 2.75) is 19.3 Å². The minimum Gasteiger partial charge on any atom is -0.367 e. The number of H-pyrrole nitrogens is 1. The molecular formula is C18H20Cl2N4O. The van der Waals surface area contributed by atoms with Gasteiger partial charge < -0.3 is 14.8 Å². The summed E-state index contributed by atoms with van der Waals surface area (Å²) in [6.45, 7) is 2.98. The fourth-order valence-corrected chi connectivity index (χ4v) is 4.19. The van der Waals surface area contributed by atoms with Gasteiger partial charge in [-0.25, -0.2) is 4.98 Å². The fraction of sp³-hybridized carbons (Fsp3) is 0.444. The molecule has 7 heteroatoms. The topological polar surface area (TPSA) is 52.2 Å². The minimum atomic E-state index is 0.0641. The van der Waals surface area contributed by atoms with Crippen LogP contribution in [0, 0.1) is 5.92 Å². The Hall–Kier alpha value is -1.72. The summed E-state index contributed by atoms with van der Waals surface area (Å²) in [4.78, 5) is 24.5. The van der Waals surface area contributed by atoms with Crippen LogP contribution in [0.15, 0.2) is 24.5 Å². The molecule has 1 amide bonds. The third-order valence-electron chi connectivity index (χ3n) is 5.20. The summed E-state index contributed by atoms with van der Waals surface area (Å²) in [5.41, 5.74) is 3.18. The molecule has 5 nitrogen and oxygen atoms in total. The number of imidazole rings is 1. The number of piperazine rings is 1. The zero-order chi connectivity index (χ0) is 17.4. The van der Waals surface area contributed by atoms with Crippen LogP contribution in [0.2, 0.25) is 10.0 Å². The second-order valence-corrected chi connectivity index (χ2v) is 7.44. The maximum Gasteiger partial charge on any atom is 0.226 e. The van der Waals surface area contributed by atoms with Gasteiger partial charge in [-0.2, -0.15) is 0 Å². The quantitative estimate of drug-likeness (QED) is 0.872. The molecule has 132 valence electrons. The molecule has 1 aromatic carbocycles. The van der Waals surface area contributed by atoms with E-state index in [1.54, 1.807) is 12.4 Å². The zero-order valence-corrected chi connectivity index (χ0v) is 15.4. The second kappa shape index (κ2) is 6.89. The number of carbonyl (C=O) groups is 1. The number of aryl methyl sites for hydroxylation is 1. The Kier molecular flexibility index (Phi) is 4.61. The van der Waals surface area contributed by atoms with E-state index in [2.05, 4.69) is 14.9 Å². The highest BCUT2D eigenvalue weighted by Gasteiger charge is 2.31. The molecule has 4 rings (SSSR count). The van der Waals surface area contributed by atoms with Crippen molar-refractivity contribution < 1.29 is 4.79 Å². The Balaban J connectivity index is 1.39. The van der Waals surface area contributed by atoms with Gasteiger partial charge in [0.2, 0.25) is 5.91 Å². The van der Waals surface area contributed by atoms with Gasteiger partial charge in [-0.15, -0.1) is 0 Å². The smallest absolute Gasteiger partial charge is 0.226 e. The predicted molar refractivity (Wildman–Crippen MR) is 99.4 cm³/mol. The van der Waals surface area contributed by atoms with Gasteiger partial charge in [-0.3, -0.25) is 4.79 Å². The lowest BCUT2D eigenvalue weighted by molar-refractivity contribution is -0.136. The molecule has 1 N–H and O–H groups in total. The van der Waals surface area contributed by atoms with Gasteiger partial charge in [-0.05, 0) is 25.0 Å². The summed E-state index contributed by atoms with van der Waals surface area (Å²) in [5, 5.41) is 1.15. The summed E-state index contributed by atoms with van der Waals surface area (Å²) < 4.78 is 0. The number of hydrogen-bond acceptors (Lipinski definition) is 3. The number of fused-ring (bicyclic) bond motifs is 1. The number of amides is 1. The number of anilines is 1. The largest absolute Gasteiger partial charge is 0.367 e. The van der Waals surface area contributed by atoms with Gasteiger partial charge in [0.05, 0.1) is 27.8 Å². The van der Waals surface area contributed by atoms with Crippen molar-refractivity contribution in [3.05, 3.63) is 46.0 Å². The first-order valence-corrected chi connectivity index (χ1v) is 9.38. The first kappa shape index (κ1) is 16.7. The van der Waals surface area contributed by atoms with Crippen LogP contribution in [-0.2, 0) is 17.6 Å². The van der Waals surface area contributed by atoms with E-state index in [1.165, 1.54) is 0 Å². The third-order valence-corrected chi connectivity index (χ3v) is 6.01. The lowest BCUT2D eigenvalue weighted by Crippen LogP contribution is -2.51. The highest BCUT2D eigenvalue weighted by Crippen LogP contribution is 2.33. The van der Waals surface area contributed by atoms with Gasteiger partial charge in [0, 0.05) is 44.2 Å². The molecule has 1 aliphatic carbocycles. The van der Waals surface area contributed by atoms with Crippen molar-refractivity contribution in [1.82, 2.24) is 14.9 Å². The average molecular weight is 379 g/mol. The monoisotopic (exact) mass is 378 g/mol. The lowest BCUT2D eigenvalue weighted by atomic mass is 9.88. The summed E-state index contributed by atoms with van der Waals surface area (Å²) in [6, 6.07) is 5.68. The van der Waals surface area contributed by atoms with Gasteiger partial charge in [0.15, 0.2) is 0 Å². The number of carbonyl (C=O) groups excluding carboxylic acids is 1. The number of halogens is 2.